The quantitative estimate of drug-likeness (QED) is 0.560. The van der Waals surface area contributed by atoms with E-state index in [2.05, 4.69) is 23.8 Å². The molecule has 1 aliphatic rings. The number of rotatable bonds is 0. The van der Waals surface area contributed by atoms with Crippen LogP contribution in [0.15, 0.2) is 12.4 Å². The number of nitrogens with zero attached hydrogens (tertiary/aromatic N) is 2. The van der Waals surface area contributed by atoms with Gasteiger partial charge in [0, 0.05) is 18.3 Å². The Labute approximate surface area is 66.7 Å². The lowest BCUT2D eigenvalue weighted by atomic mass is 9.99. The molecule has 1 aromatic rings. The van der Waals surface area contributed by atoms with Crippen LogP contribution in [-0.4, -0.2) is 9.97 Å². The van der Waals surface area contributed by atoms with Gasteiger partial charge in [-0.15, -0.1) is 0 Å². The van der Waals surface area contributed by atoms with Crippen LogP contribution in [-0.2, 0) is 6.42 Å². The van der Waals surface area contributed by atoms with Crippen molar-refractivity contribution in [1.29, 1.82) is 0 Å². The van der Waals surface area contributed by atoms with E-state index in [4.69, 9.17) is 0 Å². The topological polar surface area (TPSA) is 25.8 Å². The Hall–Kier alpha value is -0.920. The summed E-state index contributed by atoms with van der Waals surface area (Å²) in [6.07, 6.45) is 4.67. The van der Waals surface area contributed by atoms with Crippen molar-refractivity contribution in [2.75, 3.05) is 0 Å². The smallest absolute Gasteiger partial charge is 0.0649 e. The molecule has 1 aliphatic carbocycles. The molecule has 0 saturated carbocycles. The fourth-order valence-corrected chi connectivity index (χ4v) is 1.67. The van der Waals surface area contributed by atoms with Crippen molar-refractivity contribution < 1.29 is 0 Å². The molecular weight excluding hydrogens is 136 g/mol. The normalized spacial score (nSPS) is 28.5. The summed E-state index contributed by atoms with van der Waals surface area (Å²) in [5, 5.41) is 0. The third kappa shape index (κ3) is 0.934. The Morgan fingerprint density at radius 1 is 1.27 bits per heavy atom. The summed E-state index contributed by atoms with van der Waals surface area (Å²) in [6, 6.07) is 0. The molecule has 2 atom stereocenters. The monoisotopic (exact) mass is 148 g/mol. The van der Waals surface area contributed by atoms with E-state index in [0.29, 0.717) is 11.8 Å². The molecule has 0 bridgehead atoms. The highest BCUT2D eigenvalue weighted by Gasteiger charge is 2.27. The van der Waals surface area contributed by atoms with Crippen LogP contribution in [0.5, 0.6) is 0 Å². The Bertz CT molecular complexity index is 270. The van der Waals surface area contributed by atoms with Gasteiger partial charge in [0.15, 0.2) is 0 Å². The zero-order valence-electron chi connectivity index (χ0n) is 6.91. The van der Waals surface area contributed by atoms with Crippen LogP contribution >= 0.6 is 0 Å². The molecule has 0 radical (unpaired) electrons. The minimum atomic E-state index is 0.596. The van der Waals surface area contributed by atoms with E-state index in [0.717, 1.165) is 6.42 Å². The molecule has 2 nitrogen and oxygen atoms in total. The van der Waals surface area contributed by atoms with Crippen LogP contribution in [0, 0.1) is 5.92 Å². The van der Waals surface area contributed by atoms with Crippen LogP contribution in [0.4, 0.5) is 0 Å². The Morgan fingerprint density at radius 3 is 2.73 bits per heavy atom. The number of aromatic nitrogens is 2. The first-order valence-electron chi connectivity index (χ1n) is 4.09. The van der Waals surface area contributed by atoms with Gasteiger partial charge in [0.05, 0.1) is 11.4 Å². The maximum Gasteiger partial charge on any atom is 0.0649 e. The van der Waals surface area contributed by atoms with Gasteiger partial charge in [-0.1, -0.05) is 13.8 Å². The first-order chi connectivity index (χ1) is 5.29. The van der Waals surface area contributed by atoms with E-state index in [1.54, 1.807) is 12.4 Å². The van der Waals surface area contributed by atoms with Gasteiger partial charge in [0.25, 0.3) is 0 Å². The van der Waals surface area contributed by atoms with Gasteiger partial charge in [-0.3, -0.25) is 9.97 Å². The molecule has 0 saturated heterocycles. The van der Waals surface area contributed by atoms with E-state index < -0.39 is 0 Å². The second-order valence-electron chi connectivity index (χ2n) is 3.36. The van der Waals surface area contributed by atoms with Gasteiger partial charge in [0.1, 0.15) is 0 Å². The van der Waals surface area contributed by atoms with E-state index in [1.807, 2.05) is 0 Å². The zero-order valence-corrected chi connectivity index (χ0v) is 6.91. The number of fused-ring (bicyclic) bond motifs is 1. The molecule has 1 heterocycles. The van der Waals surface area contributed by atoms with Crippen LogP contribution in [0.3, 0.4) is 0 Å². The van der Waals surface area contributed by atoms with Crippen molar-refractivity contribution in [3.05, 3.63) is 23.8 Å². The average molecular weight is 148 g/mol. The van der Waals surface area contributed by atoms with Gasteiger partial charge < -0.3 is 0 Å². The number of hydrogen-bond acceptors (Lipinski definition) is 2. The SMILES string of the molecule is C[C@@H]1Cc2nccnc2[C@@H]1C. The first kappa shape index (κ1) is 6.77. The van der Waals surface area contributed by atoms with Gasteiger partial charge in [0.2, 0.25) is 0 Å². The van der Waals surface area contributed by atoms with Crippen molar-refractivity contribution in [2.24, 2.45) is 5.92 Å². The molecule has 0 N–H and O–H groups in total. The third-order valence-corrected chi connectivity index (χ3v) is 2.61. The van der Waals surface area contributed by atoms with Gasteiger partial charge in [-0.25, -0.2) is 0 Å². The first-order valence-corrected chi connectivity index (χ1v) is 4.09. The van der Waals surface area contributed by atoms with Gasteiger partial charge in [-0.05, 0) is 12.3 Å². The second kappa shape index (κ2) is 2.29. The van der Waals surface area contributed by atoms with E-state index in [-0.39, 0.29) is 0 Å². The molecule has 0 aromatic carbocycles. The fraction of sp³-hybridized carbons (Fsp3) is 0.556. The van der Waals surface area contributed by atoms with E-state index >= 15 is 0 Å². The predicted octanol–water partition coefficient (Wildman–Crippen LogP) is 1.77. The predicted molar refractivity (Wildman–Crippen MR) is 43.3 cm³/mol. The summed E-state index contributed by atoms with van der Waals surface area (Å²) in [5.41, 5.74) is 2.41. The largest absolute Gasteiger partial charge is 0.258 e. The third-order valence-electron chi connectivity index (χ3n) is 2.61. The number of hydrogen-bond donors (Lipinski definition) is 0. The van der Waals surface area contributed by atoms with Gasteiger partial charge in [-0.2, -0.15) is 0 Å². The maximum atomic E-state index is 4.33. The molecule has 0 aliphatic heterocycles. The van der Waals surface area contributed by atoms with Crippen molar-refractivity contribution in [3.63, 3.8) is 0 Å². The van der Waals surface area contributed by atoms with Crippen molar-refractivity contribution in [2.45, 2.75) is 26.2 Å². The Morgan fingerprint density at radius 2 is 2.00 bits per heavy atom. The summed E-state index contributed by atoms with van der Waals surface area (Å²) >= 11 is 0. The van der Waals surface area contributed by atoms with E-state index in [9.17, 15) is 0 Å². The summed E-state index contributed by atoms with van der Waals surface area (Å²) in [5.74, 6) is 1.31. The van der Waals surface area contributed by atoms with E-state index in [1.165, 1.54) is 11.4 Å². The molecular formula is C9H12N2. The standard InChI is InChI=1S/C9H12N2/c1-6-5-8-9(7(6)2)11-4-3-10-8/h3-4,6-7H,5H2,1-2H3/t6-,7-/m1/s1. The van der Waals surface area contributed by atoms with Gasteiger partial charge >= 0.3 is 0 Å². The van der Waals surface area contributed by atoms with Crippen molar-refractivity contribution in [3.8, 4) is 0 Å². The highest BCUT2D eigenvalue weighted by molar-refractivity contribution is 5.22. The molecule has 0 fully saturated rings. The van der Waals surface area contributed by atoms with Crippen molar-refractivity contribution >= 4 is 0 Å². The zero-order chi connectivity index (χ0) is 7.84. The molecule has 11 heavy (non-hydrogen) atoms. The second-order valence-corrected chi connectivity index (χ2v) is 3.36. The van der Waals surface area contributed by atoms with Crippen molar-refractivity contribution in [1.82, 2.24) is 9.97 Å². The highest BCUT2D eigenvalue weighted by atomic mass is 14.8. The minimum Gasteiger partial charge on any atom is -0.258 e. The van der Waals surface area contributed by atoms with Crippen LogP contribution < -0.4 is 0 Å². The Balaban J connectivity index is 2.47. The molecule has 0 unspecified atom stereocenters. The highest BCUT2D eigenvalue weighted by Crippen LogP contribution is 2.33. The summed E-state index contributed by atoms with van der Waals surface area (Å²) in [4.78, 5) is 8.63. The summed E-state index contributed by atoms with van der Waals surface area (Å²) in [7, 11) is 0. The van der Waals surface area contributed by atoms with Crippen LogP contribution in [0.25, 0.3) is 0 Å². The molecule has 0 spiro atoms. The fourth-order valence-electron chi connectivity index (χ4n) is 1.67. The molecule has 2 rings (SSSR count). The molecule has 2 heteroatoms. The lowest BCUT2D eigenvalue weighted by Gasteiger charge is -2.06. The lowest BCUT2D eigenvalue weighted by molar-refractivity contribution is 0.525. The maximum absolute atomic E-state index is 4.33. The Kier molecular flexibility index (Phi) is 1.41. The summed E-state index contributed by atoms with van der Waals surface area (Å²) in [6.45, 7) is 4.49. The van der Waals surface area contributed by atoms with Crippen LogP contribution in [0.1, 0.15) is 31.2 Å². The molecule has 1 aromatic heterocycles. The molecule has 0 amide bonds. The summed E-state index contributed by atoms with van der Waals surface area (Å²) < 4.78 is 0. The minimum absolute atomic E-state index is 0.596. The average Bonchev–Trinajstić information content (AvgIpc) is 2.30. The molecule has 58 valence electrons. The van der Waals surface area contributed by atoms with Crippen LogP contribution in [0.2, 0.25) is 0 Å². The lowest BCUT2D eigenvalue weighted by Crippen LogP contribution is -1.98.